The Balaban J connectivity index is 3.72. The van der Waals surface area contributed by atoms with Gasteiger partial charge in [-0.2, -0.15) is 74.6 Å². The maximum Gasteiger partial charge on any atom is 0.460 e. The van der Waals surface area contributed by atoms with Gasteiger partial charge in [0.05, 0.1) is 11.1 Å². The first-order chi connectivity index (χ1) is 20.1. The van der Waals surface area contributed by atoms with Crippen molar-refractivity contribution in [3.63, 3.8) is 0 Å². The van der Waals surface area contributed by atoms with Crippen LogP contribution in [0.25, 0.3) is 0 Å². The zero-order valence-electron chi connectivity index (χ0n) is 21.2. The van der Waals surface area contributed by atoms with Crippen molar-refractivity contribution in [2.45, 2.75) is 41.7 Å². The predicted molar refractivity (Wildman–Crippen MR) is 113 cm³/mol. The molecule has 0 amide bonds. The fourth-order valence-corrected chi connectivity index (χ4v) is 2.71. The normalized spacial score (nSPS) is 14.3. The van der Waals surface area contributed by atoms with Crippen molar-refractivity contribution in [2.75, 3.05) is 13.2 Å². The van der Waals surface area contributed by atoms with Gasteiger partial charge in [-0.3, -0.25) is 0 Å². The van der Waals surface area contributed by atoms with Crippen LogP contribution in [0, 0.1) is 0 Å². The van der Waals surface area contributed by atoms with Gasteiger partial charge in [-0.05, 0) is 18.2 Å². The lowest BCUT2D eigenvalue weighted by Crippen LogP contribution is -2.72. The molecule has 254 valence electrons. The van der Waals surface area contributed by atoms with Crippen molar-refractivity contribution in [1.29, 1.82) is 0 Å². The van der Waals surface area contributed by atoms with E-state index in [1.807, 2.05) is 0 Å². The Morgan fingerprint density at radius 3 is 1.31 bits per heavy atom. The van der Waals surface area contributed by atoms with Crippen LogP contribution >= 0.6 is 0 Å². The largest absolute Gasteiger partial charge is 0.460 e. The molecule has 0 bridgehead atoms. The van der Waals surface area contributed by atoms with Gasteiger partial charge in [-0.25, -0.2) is 9.59 Å². The van der Waals surface area contributed by atoms with E-state index >= 15 is 0 Å². The SMILES string of the molecule is C=CCOC(=O)c1cc(OC(F)=C(F)C(F)(F)C(F)(F)C(F)(F)C(F)(F)C(F)(F)C(F)(F)C(F)(F)F)cc(C(=O)OCC=C)c1. The summed E-state index contributed by atoms with van der Waals surface area (Å²) in [6.45, 7) is 5.18. The first-order valence-electron chi connectivity index (χ1n) is 10.9. The Kier molecular flexibility index (Phi) is 11.1. The Labute approximate surface area is 238 Å². The highest BCUT2D eigenvalue weighted by atomic mass is 19.4. The first-order valence-corrected chi connectivity index (χ1v) is 10.9. The highest BCUT2D eigenvalue weighted by Crippen LogP contribution is 2.63. The zero-order valence-corrected chi connectivity index (χ0v) is 21.2. The number of rotatable bonds is 14. The van der Waals surface area contributed by atoms with Crippen molar-refractivity contribution in [3.05, 3.63) is 66.5 Å². The maximum absolute atomic E-state index is 14.2. The molecule has 0 aliphatic carbocycles. The number of benzene rings is 1. The molecule has 0 unspecified atom stereocenters. The second kappa shape index (κ2) is 12.8. The van der Waals surface area contributed by atoms with Crippen LogP contribution in [-0.4, -0.2) is 66.9 Å². The number of hydrogen-bond donors (Lipinski definition) is 0. The molecule has 0 aliphatic rings. The van der Waals surface area contributed by atoms with E-state index < -0.39 is 95.6 Å². The second-order valence-electron chi connectivity index (χ2n) is 8.15. The van der Waals surface area contributed by atoms with Gasteiger partial charge in [-0.1, -0.05) is 25.3 Å². The summed E-state index contributed by atoms with van der Waals surface area (Å²) in [7, 11) is 0. The zero-order chi connectivity index (χ0) is 35.6. The van der Waals surface area contributed by atoms with E-state index in [1.165, 1.54) is 0 Å². The van der Waals surface area contributed by atoms with Crippen molar-refractivity contribution in [1.82, 2.24) is 0 Å². The van der Waals surface area contributed by atoms with Crippen LogP contribution in [0.4, 0.5) is 74.6 Å². The van der Waals surface area contributed by atoms with Gasteiger partial charge in [0, 0.05) is 0 Å². The molecule has 0 spiro atoms. The highest BCUT2D eigenvalue weighted by Gasteiger charge is 2.93. The number of allylic oxidation sites excluding steroid dienone is 1. The molecule has 0 aromatic heterocycles. The van der Waals surface area contributed by atoms with Gasteiger partial charge in [0.2, 0.25) is 5.83 Å². The quantitative estimate of drug-likeness (QED) is 0.0852. The monoisotopic (exact) mass is 692 g/mol. The van der Waals surface area contributed by atoms with Gasteiger partial charge in [-0.15, -0.1) is 0 Å². The van der Waals surface area contributed by atoms with Gasteiger partial charge >= 0.3 is 59.7 Å². The highest BCUT2D eigenvalue weighted by molar-refractivity contribution is 5.96. The van der Waals surface area contributed by atoms with E-state index in [0.29, 0.717) is 6.07 Å². The Morgan fingerprint density at radius 1 is 0.600 bits per heavy atom. The third kappa shape index (κ3) is 6.82. The number of alkyl halides is 15. The summed E-state index contributed by atoms with van der Waals surface area (Å²) < 4.78 is 241. The lowest BCUT2D eigenvalue weighted by atomic mass is 9.91. The second-order valence-corrected chi connectivity index (χ2v) is 8.15. The lowest BCUT2D eigenvalue weighted by Gasteiger charge is -2.41. The molecule has 22 heteroatoms. The first kappa shape index (κ1) is 39.0. The number of ether oxygens (including phenoxy) is 3. The van der Waals surface area contributed by atoms with Crippen LogP contribution in [-0.2, 0) is 9.47 Å². The van der Waals surface area contributed by atoms with Crippen LogP contribution < -0.4 is 4.74 Å². The summed E-state index contributed by atoms with van der Waals surface area (Å²) in [5, 5.41) is 0. The van der Waals surface area contributed by atoms with Gasteiger partial charge in [0.1, 0.15) is 19.0 Å². The molecule has 45 heavy (non-hydrogen) atoms. The minimum absolute atomic E-state index is 0.196. The topological polar surface area (TPSA) is 61.8 Å². The molecule has 0 fully saturated rings. The van der Waals surface area contributed by atoms with Crippen LogP contribution in [0.2, 0.25) is 0 Å². The average molecular weight is 692 g/mol. The number of esters is 2. The van der Waals surface area contributed by atoms with E-state index in [9.17, 15) is 84.2 Å². The molecule has 0 N–H and O–H groups in total. The number of hydrogen-bond acceptors (Lipinski definition) is 5. The predicted octanol–water partition coefficient (Wildman–Crippen LogP) is 8.23. The fraction of sp³-hybridized carbons (Fsp3) is 0.391. The number of carbonyl (C=O) groups excluding carboxylic acids is 2. The molecular formula is C23H13F17O5. The van der Waals surface area contributed by atoms with E-state index in [1.54, 1.807) is 0 Å². The minimum atomic E-state index is -8.75. The Morgan fingerprint density at radius 2 is 0.956 bits per heavy atom. The molecule has 0 heterocycles. The van der Waals surface area contributed by atoms with Crippen LogP contribution in [0.15, 0.2) is 55.3 Å². The maximum atomic E-state index is 14.2. The van der Waals surface area contributed by atoms with Gasteiger partial charge < -0.3 is 14.2 Å². The van der Waals surface area contributed by atoms with Crippen LogP contribution in [0.1, 0.15) is 20.7 Å². The molecule has 0 saturated heterocycles. The standard InChI is InChI=1S/C23H13F17O5/c1-3-5-43-15(41)10-7-11(16(42)44-6-4-2)9-12(8-10)45-14(25)13(24)17(26,27)18(28,29)19(30,31)20(32,33)21(34,35)22(36,37)23(38,39)40/h3-4,7-9H,1-2,5-6H2. The molecule has 1 aromatic carbocycles. The molecule has 1 rings (SSSR count). The van der Waals surface area contributed by atoms with Crippen molar-refractivity contribution >= 4 is 11.9 Å². The summed E-state index contributed by atoms with van der Waals surface area (Å²) >= 11 is 0. The smallest absolute Gasteiger partial charge is 0.458 e. The van der Waals surface area contributed by atoms with Gasteiger partial charge in [0.25, 0.3) is 0 Å². The molecule has 0 radical (unpaired) electrons. The Bertz CT molecular complexity index is 1290. The lowest BCUT2D eigenvalue weighted by molar-refractivity contribution is -0.451. The third-order valence-electron chi connectivity index (χ3n) is 5.03. The van der Waals surface area contributed by atoms with E-state index in [2.05, 4.69) is 27.4 Å². The summed E-state index contributed by atoms with van der Waals surface area (Å²) in [4.78, 5) is 24.1. The molecule has 1 aromatic rings. The van der Waals surface area contributed by atoms with Crippen LogP contribution in [0.3, 0.4) is 0 Å². The third-order valence-corrected chi connectivity index (χ3v) is 5.03. The summed E-state index contributed by atoms with van der Waals surface area (Å²) in [5.41, 5.74) is -1.80. The van der Waals surface area contributed by atoms with E-state index in [-0.39, 0.29) is 12.1 Å². The average Bonchev–Trinajstić information content (AvgIpc) is 2.92. The van der Waals surface area contributed by atoms with Crippen molar-refractivity contribution in [3.8, 4) is 5.75 Å². The summed E-state index contributed by atoms with van der Waals surface area (Å²) in [6.07, 6.45) is -5.92. The molecular weight excluding hydrogens is 679 g/mol. The fourth-order valence-electron chi connectivity index (χ4n) is 2.71. The molecule has 0 aliphatic heterocycles. The summed E-state index contributed by atoms with van der Waals surface area (Å²) in [6, 6.07) is -2.82. The Hall–Kier alpha value is -4.01. The van der Waals surface area contributed by atoms with Gasteiger partial charge in [0.15, 0.2) is 0 Å². The van der Waals surface area contributed by atoms with E-state index in [4.69, 9.17) is 0 Å². The van der Waals surface area contributed by atoms with Crippen LogP contribution in [0.5, 0.6) is 5.75 Å². The molecule has 0 atom stereocenters. The van der Waals surface area contributed by atoms with Crippen molar-refractivity contribution < 1.29 is 98.4 Å². The van der Waals surface area contributed by atoms with E-state index in [0.717, 1.165) is 12.2 Å². The summed E-state index contributed by atoms with van der Waals surface area (Å²) in [5.74, 6) is -59.6. The molecule has 0 saturated carbocycles. The molecule has 5 nitrogen and oxygen atoms in total. The van der Waals surface area contributed by atoms with Crippen molar-refractivity contribution in [2.24, 2.45) is 0 Å². The minimum Gasteiger partial charge on any atom is -0.458 e. The number of halogens is 17. The number of carbonyl (C=O) groups is 2.